The lowest BCUT2D eigenvalue weighted by molar-refractivity contribution is 0.547. The Morgan fingerprint density at radius 3 is 2.87 bits per heavy atom. The van der Waals surface area contributed by atoms with Crippen molar-refractivity contribution in [1.29, 1.82) is 0 Å². The summed E-state index contributed by atoms with van der Waals surface area (Å²) in [5, 5.41) is 10.8. The van der Waals surface area contributed by atoms with Gasteiger partial charge in [0.2, 0.25) is 0 Å². The highest BCUT2D eigenvalue weighted by Crippen LogP contribution is 2.23. The standard InChI is InChI=1S/C18H25N5/c1-18(2,3)17-14(12-21-22-17)11-19-9-6-10-23-13-20-15-7-4-5-8-16(15)23/h4-5,7-8,12-13,19H,6,9-11H2,1-3H3,(H,21,22). The molecule has 0 saturated heterocycles. The summed E-state index contributed by atoms with van der Waals surface area (Å²) in [5.41, 5.74) is 4.84. The number of H-pyrrole nitrogens is 1. The van der Waals surface area contributed by atoms with E-state index in [9.17, 15) is 0 Å². The molecular formula is C18H25N5. The largest absolute Gasteiger partial charge is 0.331 e. The molecule has 0 aliphatic carbocycles. The maximum absolute atomic E-state index is 4.43. The lowest BCUT2D eigenvalue weighted by Crippen LogP contribution is -2.20. The van der Waals surface area contributed by atoms with Crippen molar-refractivity contribution in [2.75, 3.05) is 6.54 Å². The maximum Gasteiger partial charge on any atom is 0.0958 e. The number of aromatic nitrogens is 4. The van der Waals surface area contributed by atoms with Gasteiger partial charge in [-0.05, 0) is 25.1 Å². The van der Waals surface area contributed by atoms with E-state index < -0.39 is 0 Å². The normalized spacial score (nSPS) is 12.1. The van der Waals surface area contributed by atoms with Crippen molar-refractivity contribution < 1.29 is 0 Å². The van der Waals surface area contributed by atoms with E-state index in [0.717, 1.165) is 31.6 Å². The Morgan fingerprint density at radius 1 is 1.22 bits per heavy atom. The summed E-state index contributed by atoms with van der Waals surface area (Å²) in [6.45, 7) is 9.41. The van der Waals surface area contributed by atoms with Gasteiger partial charge in [0.1, 0.15) is 0 Å². The Hall–Kier alpha value is -2.14. The first-order valence-electron chi connectivity index (χ1n) is 8.19. The number of hydrogen-bond donors (Lipinski definition) is 2. The van der Waals surface area contributed by atoms with Gasteiger partial charge < -0.3 is 9.88 Å². The quantitative estimate of drug-likeness (QED) is 0.687. The number of aromatic amines is 1. The smallest absolute Gasteiger partial charge is 0.0958 e. The topological polar surface area (TPSA) is 58.5 Å². The Bertz CT molecular complexity index is 763. The van der Waals surface area contributed by atoms with E-state index in [-0.39, 0.29) is 5.41 Å². The number of hydrogen-bond acceptors (Lipinski definition) is 3. The fourth-order valence-electron chi connectivity index (χ4n) is 2.88. The van der Waals surface area contributed by atoms with Gasteiger partial charge in [0.05, 0.1) is 23.6 Å². The molecule has 0 unspecified atom stereocenters. The fraction of sp³-hybridized carbons (Fsp3) is 0.444. The zero-order valence-electron chi connectivity index (χ0n) is 14.1. The van der Waals surface area contributed by atoms with Crippen LogP contribution in [0.3, 0.4) is 0 Å². The number of aryl methyl sites for hydroxylation is 1. The molecule has 0 saturated carbocycles. The molecule has 3 rings (SSSR count). The van der Waals surface area contributed by atoms with Gasteiger partial charge >= 0.3 is 0 Å². The van der Waals surface area contributed by atoms with E-state index in [0.29, 0.717) is 0 Å². The second kappa shape index (κ2) is 6.54. The molecule has 5 heteroatoms. The Labute approximate surface area is 137 Å². The summed E-state index contributed by atoms with van der Waals surface area (Å²) in [4.78, 5) is 4.43. The second-order valence-electron chi connectivity index (χ2n) is 6.98. The zero-order valence-corrected chi connectivity index (χ0v) is 14.1. The van der Waals surface area contributed by atoms with E-state index in [1.165, 1.54) is 16.8 Å². The van der Waals surface area contributed by atoms with Crippen LogP contribution in [0, 0.1) is 0 Å². The monoisotopic (exact) mass is 311 g/mol. The first-order chi connectivity index (χ1) is 11.1. The van der Waals surface area contributed by atoms with Gasteiger partial charge in [0, 0.05) is 29.8 Å². The van der Waals surface area contributed by atoms with E-state index in [1.54, 1.807) is 0 Å². The number of rotatable bonds is 6. The van der Waals surface area contributed by atoms with E-state index in [2.05, 4.69) is 64.0 Å². The lowest BCUT2D eigenvalue weighted by atomic mass is 9.89. The van der Waals surface area contributed by atoms with Crippen LogP contribution < -0.4 is 5.32 Å². The van der Waals surface area contributed by atoms with Crippen molar-refractivity contribution in [1.82, 2.24) is 25.1 Å². The van der Waals surface area contributed by atoms with Crippen LogP contribution in [0.4, 0.5) is 0 Å². The molecule has 0 atom stereocenters. The Balaban J connectivity index is 1.48. The minimum absolute atomic E-state index is 0.100. The minimum Gasteiger partial charge on any atom is -0.331 e. The van der Waals surface area contributed by atoms with Crippen molar-refractivity contribution >= 4 is 11.0 Å². The summed E-state index contributed by atoms with van der Waals surface area (Å²) < 4.78 is 2.22. The molecule has 3 aromatic rings. The molecule has 0 amide bonds. The molecule has 0 spiro atoms. The first-order valence-corrected chi connectivity index (χ1v) is 8.19. The van der Waals surface area contributed by atoms with Crippen LogP contribution in [0.2, 0.25) is 0 Å². The number of para-hydroxylation sites is 2. The number of imidazole rings is 1. The molecule has 0 radical (unpaired) electrons. The summed E-state index contributed by atoms with van der Waals surface area (Å²) in [6, 6.07) is 8.26. The molecule has 122 valence electrons. The van der Waals surface area contributed by atoms with E-state index in [4.69, 9.17) is 0 Å². The third-order valence-corrected chi connectivity index (χ3v) is 4.06. The molecule has 2 heterocycles. The predicted octanol–water partition coefficient (Wildman–Crippen LogP) is 3.24. The van der Waals surface area contributed by atoms with Crippen LogP contribution in [-0.4, -0.2) is 26.3 Å². The molecule has 0 bridgehead atoms. The van der Waals surface area contributed by atoms with Gasteiger partial charge in [-0.1, -0.05) is 32.9 Å². The fourth-order valence-corrected chi connectivity index (χ4v) is 2.88. The molecule has 2 N–H and O–H groups in total. The minimum atomic E-state index is 0.100. The summed E-state index contributed by atoms with van der Waals surface area (Å²) in [5.74, 6) is 0. The summed E-state index contributed by atoms with van der Waals surface area (Å²) >= 11 is 0. The average Bonchev–Trinajstić information content (AvgIpc) is 3.13. The van der Waals surface area contributed by atoms with Crippen molar-refractivity contribution in [3.05, 3.63) is 48.0 Å². The van der Waals surface area contributed by atoms with Gasteiger partial charge in [-0.3, -0.25) is 5.10 Å². The molecule has 0 fully saturated rings. The second-order valence-corrected chi connectivity index (χ2v) is 6.98. The van der Waals surface area contributed by atoms with Crippen molar-refractivity contribution in [3.8, 4) is 0 Å². The van der Waals surface area contributed by atoms with Gasteiger partial charge in [-0.2, -0.15) is 5.10 Å². The zero-order chi connectivity index (χ0) is 16.3. The average molecular weight is 311 g/mol. The highest BCUT2D eigenvalue weighted by molar-refractivity contribution is 5.74. The van der Waals surface area contributed by atoms with Crippen molar-refractivity contribution in [2.24, 2.45) is 0 Å². The van der Waals surface area contributed by atoms with Gasteiger partial charge in [-0.15, -0.1) is 0 Å². The third-order valence-electron chi connectivity index (χ3n) is 4.06. The lowest BCUT2D eigenvalue weighted by Gasteiger charge is -2.18. The Kier molecular flexibility index (Phi) is 4.48. The van der Waals surface area contributed by atoms with Crippen LogP contribution in [0.15, 0.2) is 36.8 Å². The molecule has 1 aromatic carbocycles. The molecule has 2 aromatic heterocycles. The molecular weight excluding hydrogens is 286 g/mol. The predicted molar refractivity (Wildman–Crippen MR) is 93.3 cm³/mol. The number of fused-ring (bicyclic) bond motifs is 1. The maximum atomic E-state index is 4.43. The molecule has 0 aliphatic rings. The van der Waals surface area contributed by atoms with Gasteiger partial charge in [-0.25, -0.2) is 4.98 Å². The molecule has 23 heavy (non-hydrogen) atoms. The van der Waals surface area contributed by atoms with Crippen LogP contribution in [-0.2, 0) is 18.5 Å². The highest BCUT2D eigenvalue weighted by Gasteiger charge is 2.19. The highest BCUT2D eigenvalue weighted by atomic mass is 15.1. The first kappa shape index (κ1) is 15.7. The van der Waals surface area contributed by atoms with Gasteiger partial charge in [0.15, 0.2) is 0 Å². The SMILES string of the molecule is CC(C)(C)c1[nH]ncc1CNCCCn1cnc2ccccc21. The summed E-state index contributed by atoms with van der Waals surface area (Å²) in [7, 11) is 0. The third kappa shape index (κ3) is 3.62. The molecule has 5 nitrogen and oxygen atoms in total. The van der Waals surface area contributed by atoms with Crippen LogP contribution in [0.1, 0.15) is 38.4 Å². The van der Waals surface area contributed by atoms with Crippen LogP contribution in [0.5, 0.6) is 0 Å². The number of benzene rings is 1. The Morgan fingerprint density at radius 2 is 2.04 bits per heavy atom. The van der Waals surface area contributed by atoms with Crippen molar-refractivity contribution in [2.45, 2.75) is 45.7 Å². The van der Waals surface area contributed by atoms with Crippen LogP contribution >= 0.6 is 0 Å². The summed E-state index contributed by atoms with van der Waals surface area (Å²) in [6.07, 6.45) is 4.93. The van der Waals surface area contributed by atoms with Crippen LogP contribution in [0.25, 0.3) is 11.0 Å². The van der Waals surface area contributed by atoms with Crippen molar-refractivity contribution in [3.63, 3.8) is 0 Å². The van der Waals surface area contributed by atoms with E-state index >= 15 is 0 Å². The number of nitrogens with one attached hydrogen (secondary N) is 2. The molecule has 0 aliphatic heterocycles. The van der Waals surface area contributed by atoms with E-state index in [1.807, 2.05) is 18.6 Å². The number of nitrogens with zero attached hydrogens (tertiary/aromatic N) is 3. The van der Waals surface area contributed by atoms with Gasteiger partial charge in [0.25, 0.3) is 0 Å².